The van der Waals surface area contributed by atoms with Gasteiger partial charge in [0.15, 0.2) is 0 Å². The molecule has 0 saturated heterocycles. The van der Waals surface area contributed by atoms with E-state index in [4.69, 9.17) is 0 Å². The van der Waals surface area contributed by atoms with Gasteiger partial charge in [0.2, 0.25) is 0 Å². The molecule has 1 atom stereocenters. The van der Waals surface area contributed by atoms with Gasteiger partial charge < -0.3 is 10.2 Å². The largest absolute Gasteiger partial charge is 0.381 e. The third kappa shape index (κ3) is 3.90. The van der Waals surface area contributed by atoms with Crippen LogP contribution in [0, 0.1) is 0 Å². The van der Waals surface area contributed by atoms with Gasteiger partial charge in [-0.15, -0.1) is 0 Å². The number of hydrogen-bond donors (Lipinski definition) is 1. The fourth-order valence-corrected chi connectivity index (χ4v) is 1.33. The first-order valence-electron chi connectivity index (χ1n) is 4.50. The predicted octanol–water partition coefficient (Wildman–Crippen LogP) is 1.44. The number of hydrogen-bond acceptors (Lipinski definition) is 3. The monoisotopic (exact) mass is 179 g/mol. The van der Waals surface area contributed by atoms with Crippen LogP contribution in [0.2, 0.25) is 0 Å². The van der Waals surface area contributed by atoms with Crippen molar-refractivity contribution in [1.29, 1.82) is 0 Å². The minimum Gasteiger partial charge on any atom is -0.381 e. The molecule has 0 aliphatic heterocycles. The van der Waals surface area contributed by atoms with Crippen molar-refractivity contribution in [2.24, 2.45) is 0 Å². The summed E-state index contributed by atoms with van der Waals surface area (Å²) in [6.07, 6.45) is 3.59. The number of likely N-dealkylation sites (N-methyl/N-ethyl adjacent to an activating group) is 1. The van der Waals surface area contributed by atoms with E-state index < -0.39 is 0 Å². The summed E-state index contributed by atoms with van der Waals surface area (Å²) in [4.78, 5) is 6.13. The van der Waals surface area contributed by atoms with Gasteiger partial charge in [-0.05, 0) is 33.2 Å². The molecule has 1 N–H and O–H groups in total. The normalized spacial score (nSPS) is 12.9. The molecule has 13 heavy (non-hydrogen) atoms. The average Bonchev–Trinajstić information content (AvgIpc) is 2.04. The van der Waals surface area contributed by atoms with Gasteiger partial charge in [0, 0.05) is 30.7 Å². The Morgan fingerprint density at radius 1 is 1.38 bits per heavy atom. The Labute approximate surface area is 79.8 Å². The highest BCUT2D eigenvalue weighted by Crippen LogP contribution is 2.05. The summed E-state index contributed by atoms with van der Waals surface area (Å²) in [5.74, 6) is 0. The van der Waals surface area contributed by atoms with Gasteiger partial charge in [-0.3, -0.25) is 4.98 Å². The summed E-state index contributed by atoms with van der Waals surface area (Å²) >= 11 is 0. The quantitative estimate of drug-likeness (QED) is 0.758. The van der Waals surface area contributed by atoms with E-state index in [1.165, 1.54) is 0 Å². The number of nitrogens with zero attached hydrogens (tertiary/aromatic N) is 2. The summed E-state index contributed by atoms with van der Waals surface area (Å²) in [7, 11) is 4.15. The highest BCUT2D eigenvalue weighted by atomic mass is 15.1. The van der Waals surface area contributed by atoms with E-state index in [-0.39, 0.29) is 0 Å². The number of pyridine rings is 1. The zero-order valence-corrected chi connectivity index (χ0v) is 8.49. The Balaban J connectivity index is 2.41. The van der Waals surface area contributed by atoms with Crippen LogP contribution in [-0.2, 0) is 0 Å². The van der Waals surface area contributed by atoms with E-state index in [1.54, 1.807) is 12.4 Å². The van der Waals surface area contributed by atoms with Gasteiger partial charge in [0.1, 0.15) is 0 Å². The van der Waals surface area contributed by atoms with Crippen molar-refractivity contribution >= 4 is 5.69 Å². The minimum atomic E-state index is 0.456. The van der Waals surface area contributed by atoms with Crippen LogP contribution in [0.4, 0.5) is 5.69 Å². The van der Waals surface area contributed by atoms with Crippen molar-refractivity contribution in [3.63, 3.8) is 0 Å². The first-order chi connectivity index (χ1) is 6.18. The van der Waals surface area contributed by atoms with Crippen molar-refractivity contribution in [2.45, 2.75) is 13.0 Å². The average molecular weight is 179 g/mol. The van der Waals surface area contributed by atoms with Gasteiger partial charge in [-0.1, -0.05) is 0 Å². The van der Waals surface area contributed by atoms with Crippen molar-refractivity contribution in [2.75, 3.05) is 26.0 Å². The molecule has 0 bridgehead atoms. The van der Waals surface area contributed by atoms with Crippen LogP contribution < -0.4 is 5.32 Å². The predicted molar refractivity (Wildman–Crippen MR) is 55.9 cm³/mol. The third-order valence-electron chi connectivity index (χ3n) is 1.73. The maximum Gasteiger partial charge on any atom is 0.0373 e. The van der Waals surface area contributed by atoms with Gasteiger partial charge in [0.25, 0.3) is 0 Å². The lowest BCUT2D eigenvalue weighted by Gasteiger charge is -2.19. The molecule has 0 aromatic carbocycles. The molecule has 0 radical (unpaired) electrons. The van der Waals surface area contributed by atoms with Gasteiger partial charge >= 0.3 is 0 Å². The summed E-state index contributed by atoms with van der Waals surface area (Å²) in [5, 5.41) is 3.39. The molecule has 0 saturated carbocycles. The van der Waals surface area contributed by atoms with Crippen LogP contribution in [-0.4, -0.2) is 36.6 Å². The summed E-state index contributed by atoms with van der Waals surface area (Å²) in [5.41, 5.74) is 1.13. The fraction of sp³-hybridized carbons (Fsp3) is 0.500. The zero-order chi connectivity index (χ0) is 9.68. The maximum atomic E-state index is 3.96. The van der Waals surface area contributed by atoms with E-state index in [2.05, 4.69) is 36.2 Å². The Bertz CT molecular complexity index is 233. The van der Waals surface area contributed by atoms with Crippen LogP contribution in [0.5, 0.6) is 0 Å². The zero-order valence-electron chi connectivity index (χ0n) is 8.49. The molecular weight excluding hydrogens is 162 g/mol. The van der Waals surface area contributed by atoms with Crippen molar-refractivity contribution in [3.05, 3.63) is 24.5 Å². The second-order valence-corrected chi connectivity index (χ2v) is 3.54. The number of rotatable bonds is 4. The Morgan fingerprint density at radius 2 is 2.00 bits per heavy atom. The highest BCUT2D eigenvalue weighted by molar-refractivity contribution is 5.41. The van der Waals surface area contributed by atoms with Crippen molar-refractivity contribution < 1.29 is 0 Å². The Morgan fingerprint density at radius 3 is 2.54 bits per heavy atom. The minimum absolute atomic E-state index is 0.456. The highest BCUT2D eigenvalue weighted by Gasteiger charge is 2.01. The molecule has 0 aliphatic carbocycles. The molecule has 1 rings (SSSR count). The molecule has 72 valence electrons. The van der Waals surface area contributed by atoms with E-state index in [0.717, 1.165) is 12.2 Å². The molecular formula is C10H17N3. The molecule has 0 amide bonds. The number of anilines is 1. The smallest absolute Gasteiger partial charge is 0.0373 e. The molecule has 1 aromatic heterocycles. The van der Waals surface area contributed by atoms with E-state index in [0.29, 0.717) is 6.04 Å². The molecule has 1 heterocycles. The Hall–Kier alpha value is -1.09. The molecule has 3 nitrogen and oxygen atoms in total. The molecule has 1 aromatic rings. The first-order valence-corrected chi connectivity index (χ1v) is 4.50. The first kappa shape index (κ1) is 9.99. The molecule has 0 aliphatic rings. The van der Waals surface area contributed by atoms with E-state index in [1.807, 2.05) is 12.1 Å². The second-order valence-electron chi connectivity index (χ2n) is 3.54. The summed E-state index contributed by atoms with van der Waals surface area (Å²) in [6.45, 7) is 3.20. The van der Waals surface area contributed by atoms with Crippen LogP contribution in [0.1, 0.15) is 6.92 Å². The molecule has 0 fully saturated rings. The van der Waals surface area contributed by atoms with Crippen LogP contribution in [0.25, 0.3) is 0 Å². The standard InChI is InChI=1S/C10H17N3/c1-9(8-13(2)3)12-10-4-6-11-7-5-10/h4-7,9H,8H2,1-3H3,(H,11,12). The van der Waals surface area contributed by atoms with Gasteiger partial charge in [-0.25, -0.2) is 0 Å². The van der Waals surface area contributed by atoms with E-state index in [9.17, 15) is 0 Å². The summed E-state index contributed by atoms with van der Waals surface area (Å²) < 4.78 is 0. The van der Waals surface area contributed by atoms with Crippen molar-refractivity contribution in [3.8, 4) is 0 Å². The third-order valence-corrected chi connectivity index (χ3v) is 1.73. The Kier molecular flexibility index (Phi) is 3.71. The second kappa shape index (κ2) is 4.82. The topological polar surface area (TPSA) is 28.2 Å². The van der Waals surface area contributed by atoms with Crippen molar-refractivity contribution in [1.82, 2.24) is 9.88 Å². The van der Waals surface area contributed by atoms with E-state index >= 15 is 0 Å². The van der Waals surface area contributed by atoms with Gasteiger partial charge in [-0.2, -0.15) is 0 Å². The fourth-order valence-electron chi connectivity index (χ4n) is 1.33. The van der Waals surface area contributed by atoms with Crippen LogP contribution >= 0.6 is 0 Å². The lowest BCUT2D eigenvalue weighted by molar-refractivity contribution is 0.392. The SMILES string of the molecule is CC(CN(C)C)Nc1ccncc1. The molecule has 3 heteroatoms. The molecule has 1 unspecified atom stereocenters. The molecule has 0 spiro atoms. The number of nitrogens with one attached hydrogen (secondary N) is 1. The number of aromatic nitrogens is 1. The lowest BCUT2D eigenvalue weighted by Crippen LogP contribution is -2.29. The maximum absolute atomic E-state index is 3.96. The van der Waals surface area contributed by atoms with Gasteiger partial charge in [0.05, 0.1) is 0 Å². The summed E-state index contributed by atoms with van der Waals surface area (Å²) in [6, 6.07) is 4.41. The lowest BCUT2D eigenvalue weighted by atomic mass is 10.3. The van der Waals surface area contributed by atoms with Crippen LogP contribution in [0.3, 0.4) is 0 Å². The van der Waals surface area contributed by atoms with Crippen LogP contribution in [0.15, 0.2) is 24.5 Å².